The molecule has 0 N–H and O–H groups in total. The van der Waals surface area contributed by atoms with E-state index in [0.29, 0.717) is 0 Å². The molecule has 0 saturated carbocycles. The molecule has 0 saturated heterocycles. The third kappa shape index (κ3) is 2.57. The monoisotopic (exact) mass is 290 g/mol. The van der Waals surface area contributed by atoms with Gasteiger partial charge in [0.15, 0.2) is 0 Å². The van der Waals surface area contributed by atoms with Crippen molar-refractivity contribution in [1.82, 2.24) is 0 Å². The van der Waals surface area contributed by atoms with Crippen molar-refractivity contribution in [2.45, 2.75) is 13.8 Å². The molecule has 0 amide bonds. The normalized spacial score (nSPS) is 12.6. The van der Waals surface area contributed by atoms with Gasteiger partial charge in [-0.3, -0.25) is 0 Å². The molecule has 104 valence electrons. The van der Waals surface area contributed by atoms with Crippen LogP contribution in [0, 0.1) is 6.92 Å². The zero-order chi connectivity index (χ0) is 14.8. The molecule has 0 atom stereocenters. The molecule has 1 heteroatoms. The van der Waals surface area contributed by atoms with Gasteiger partial charge in [-0.05, 0) is 49.2 Å². The summed E-state index contributed by atoms with van der Waals surface area (Å²) in [5.41, 5.74) is 3.74. The number of fused-ring (bicyclic) bond motifs is 3. The molecule has 0 aliphatic heterocycles. The second-order valence-electron chi connectivity index (χ2n) is 5.17. The molecule has 0 fully saturated rings. The molecule has 3 aromatic rings. The van der Waals surface area contributed by atoms with E-state index in [4.69, 9.17) is 0 Å². The average Bonchev–Trinajstić information content (AvgIpc) is 2.84. The van der Waals surface area contributed by atoms with E-state index < -0.39 is 0 Å². The Balaban J connectivity index is 2.27. The zero-order valence-corrected chi connectivity index (χ0v) is 13.2. The van der Waals surface area contributed by atoms with Gasteiger partial charge in [-0.2, -0.15) is 0 Å². The lowest BCUT2D eigenvalue weighted by molar-refractivity contribution is 1.52. The molecule has 0 aliphatic carbocycles. The number of thiophene rings is 1. The summed E-state index contributed by atoms with van der Waals surface area (Å²) in [6.07, 6.45) is 8.09. The predicted octanol–water partition coefficient (Wildman–Crippen LogP) is 6.51. The number of hydrogen-bond acceptors (Lipinski definition) is 1. The second kappa shape index (κ2) is 5.71. The largest absolute Gasteiger partial charge is 0.135 e. The Bertz CT molecular complexity index is 875. The van der Waals surface area contributed by atoms with Crippen molar-refractivity contribution in [3.8, 4) is 0 Å². The topological polar surface area (TPSA) is 0 Å². The van der Waals surface area contributed by atoms with Crippen LogP contribution in [0.15, 0.2) is 67.3 Å². The Morgan fingerprint density at radius 1 is 1.05 bits per heavy atom. The molecule has 0 bridgehead atoms. The number of benzene rings is 2. The summed E-state index contributed by atoms with van der Waals surface area (Å²) in [4.78, 5) is 0. The third-order valence-electron chi connectivity index (χ3n) is 3.60. The molecule has 2 aromatic carbocycles. The highest BCUT2D eigenvalue weighted by molar-refractivity contribution is 7.25. The van der Waals surface area contributed by atoms with Gasteiger partial charge in [-0.15, -0.1) is 11.3 Å². The number of rotatable bonds is 3. The molecule has 0 unspecified atom stereocenters. The van der Waals surface area contributed by atoms with E-state index in [-0.39, 0.29) is 0 Å². The minimum Gasteiger partial charge on any atom is -0.135 e. The minimum absolute atomic E-state index is 1.20. The zero-order valence-electron chi connectivity index (χ0n) is 12.4. The fourth-order valence-corrected chi connectivity index (χ4v) is 3.69. The molecule has 1 heterocycles. The standard InChI is InChI=1S/C20H18S/c1-4-6-15(7-5-2)16-9-11-20-18(13-16)17-12-14(3)8-10-19(17)21-20/h4-13H,1H2,2-3H3/b7-5-,15-6+. The van der Waals surface area contributed by atoms with Gasteiger partial charge in [-0.1, -0.05) is 48.6 Å². The molecular formula is C20H18S. The Morgan fingerprint density at radius 3 is 2.48 bits per heavy atom. The third-order valence-corrected chi connectivity index (χ3v) is 4.75. The van der Waals surface area contributed by atoms with Crippen molar-refractivity contribution in [2.24, 2.45) is 0 Å². The fourth-order valence-electron chi connectivity index (χ4n) is 2.63. The van der Waals surface area contributed by atoms with E-state index in [1.165, 1.54) is 36.9 Å². The van der Waals surface area contributed by atoms with Crippen LogP contribution >= 0.6 is 11.3 Å². The summed E-state index contributed by atoms with van der Waals surface area (Å²) in [5.74, 6) is 0. The van der Waals surface area contributed by atoms with Crippen LogP contribution < -0.4 is 0 Å². The van der Waals surface area contributed by atoms with Crippen LogP contribution in [0.25, 0.3) is 25.7 Å². The number of allylic oxidation sites excluding steroid dienone is 5. The summed E-state index contributed by atoms with van der Waals surface area (Å²) in [7, 11) is 0. The highest BCUT2D eigenvalue weighted by atomic mass is 32.1. The van der Waals surface area contributed by atoms with Gasteiger partial charge in [0.05, 0.1) is 0 Å². The summed E-state index contributed by atoms with van der Waals surface area (Å²) in [5, 5.41) is 2.70. The first kappa shape index (κ1) is 13.8. The lowest BCUT2D eigenvalue weighted by Crippen LogP contribution is -1.80. The van der Waals surface area contributed by atoms with E-state index in [2.05, 4.69) is 68.1 Å². The van der Waals surface area contributed by atoms with Gasteiger partial charge in [0.2, 0.25) is 0 Å². The maximum atomic E-state index is 3.81. The van der Waals surface area contributed by atoms with Gasteiger partial charge in [0.25, 0.3) is 0 Å². The van der Waals surface area contributed by atoms with E-state index in [0.717, 1.165) is 0 Å². The Labute approximate surface area is 129 Å². The first-order valence-corrected chi connectivity index (χ1v) is 7.93. The minimum atomic E-state index is 1.20. The van der Waals surface area contributed by atoms with Crippen molar-refractivity contribution < 1.29 is 0 Å². The lowest BCUT2D eigenvalue weighted by Gasteiger charge is -2.03. The summed E-state index contributed by atoms with van der Waals surface area (Å²) in [6.45, 7) is 8.00. The van der Waals surface area contributed by atoms with Crippen LogP contribution in [-0.4, -0.2) is 0 Å². The van der Waals surface area contributed by atoms with Crippen LogP contribution in [0.5, 0.6) is 0 Å². The predicted molar refractivity (Wildman–Crippen MR) is 97.1 cm³/mol. The van der Waals surface area contributed by atoms with E-state index >= 15 is 0 Å². The SMILES string of the molecule is C=C/C=C(\C=C/C)c1ccc2sc3ccc(C)cc3c2c1. The van der Waals surface area contributed by atoms with Gasteiger partial charge >= 0.3 is 0 Å². The summed E-state index contributed by atoms with van der Waals surface area (Å²) < 4.78 is 2.70. The van der Waals surface area contributed by atoms with Crippen LogP contribution in [0.3, 0.4) is 0 Å². The van der Waals surface area contributed by atoms with Gasteiger partial charge in [0.1, 0.15) is 0 Å². The van der Waals surface area contributed by atoms with Crippen LogP contribution in [0.4, 0.5) is 0 Å². The van der Waals surface area contributed by atoms with E-state index in [1.54, 1.807) is 0 Å². The maximum Gasteiger partial charge on any atom is 0.0355 e. The average molecular weight is 290 g/mol. The molecule has 0 aliphatic rings. The van der Waals surface area contributed by atoms with Crippen molar-refractivity contribution in [3.05, 3.63) is 78.4 Å². The number of hydrogen-bond donors (Lipinski definition) is 0. The molecule has 0 spiro atoms. The van der Waals surface area contributed by atoms with Gasteiger partial charge < -0.3 is 0 Å². The first-order valence-electron chi connectivity index (χ1n) is 7.11. The van der Waals surface area contributed by atoms with Gasteiger partial charge in [0, 0.05) is 20.2 Å². The Hall–Kier alpha value is -2.12. The van der Waals surface area contributed by atoms with Crippen LogP contribution in [0.2, 0.25) is 0 Å². The molecule has 1 aromatic heterocycles. The van der Waals surface area contributed by atoms with Crippen LogP contribution in [0.1, 0.15) is 18.1 Å². The van der Waals surface area contributed by atoms with Crippen molar-refractivity contribution in [1.29, 1.82) is 0 Å². The molecule has 3 rings (SSSR count). The lowest BCUT2D eigenvalue weighted by atomic mass is 10.0. The maximum absolute atomic E-state index is 3.81. The van der Waals surface area contributed by atoms with Crippen molar-refractivity contribution in [2.75, 3.05) is 0 Å². The van der Waals surface area contributed by atoms with Crippen molar-refractivity contribution >= 4 is 37.1 Å². The highest BCUT2D eigenvalue weighted by Crippen LogP contribution is 2.36. The van der Waals surface area contributed by atoms with Gasteiger partial charge in [-0.25, -0.2) is 0 Å². The highest BCUT2D eigenvalue weighted by Gasteiger charge is 2.07. The van der Waals surface area contributed by atoms with Crippen LogP contribution in [-0.2, 0) is 0 Å². The first-order chi connectivity index (χ1) is 10.2. The summed E-state index contributed by atoms with van der Waals surface area (Å²) >= 11 is 1.86. The molecule has 0 radical (unpaired) electrons. The Kier molecular flexibility index (Phi) is 3.76. The quantitative estimate of drug-likeness (QED) is 0.482. The summed E-state index contributed by atoms with van der Waals surface area (Å²) in [6, 6.07) is 13.4. The smallest absolute Gasteiger partial charge is 0.0355 e. The van der Waals surface area contributed by atoms with Crippen molar-refractivity contribution in [3.63, 3.8) is 0 Å². The molecular weight excluding hydrogens is 272 g/mol. The molecule has 0 nitrogen and oxygen atoms in total. The number of aryl methyl sites for hydroxylation is 1. The Morgan fingerprint density at radius 2 is 1.76 bits per heavy atom. The second-order valence-corrected chi connectivity index (χ2v) is 6.25. The van der Waals surface area contributed by atoms with E-state index in [1.807, 2.05) is 24.3 Å². The van der Waals surface area contributed by atoms with E-state index in [9.17, 15) is 0 Å². The fraction of sp³-hybridized carbons (Fsp3) is 0.100. The molecule has 21 heavy (non-hydrogen) atoms.